The molecule has 2 bridgehead atoms. The van der Waals surface area contributed by atoms with Crippen molar-refractivity contribution in [3.63, 3.8) is 0 Å². The number of anilines is 1. The fourth-order valence-electron chi connectivity index (χ4n) is 3.51. The summed E-state index contributed by atoms with van der Waals surface area (Å²) in [6.07, 6.45) is 5.35. The molecule has 112 valence electrons. The Morgan fingerprint density at radius 3 is 3.00 bits per heavy atom. The van der Waals surface area contributed by atoms with Crippen molar-refractivity contribution in [2.45, 2.75) is 57.7 Å². The lowest BCUT2D eigenvalue weighted by molar-refractivity contribution is 0.0999. The van der Waals surface area contributed by atoms with Crippen LogP contribution in [-0.2, 0) is 4.74 Å². The molecule has 0 aliphatic carbocycles. The Morgan fingerprint density at radius 1 is 1.38 bits per heavy atom. The molecule has 2 aliphatic rings. The Labute approximate surface area is 128 Å². The van der Waals surface area contributed by atoms with Crippen LogP contribution in [0.1, 0.15) is 49.2 Å². The zero-order valence-electron chi connectivity index (χ0n) is 12.6. The van der Waals surface area contributed by atoms with Crippen molar-refractivity contribution < 1.29 is 4.74 Å². The molecule has 2 aliphatic heterocycles. The van der Waals surface area contributed by atoms with E-state index in [2.05, 4.69) is 25.2 Å². The highest BCUT2D eigenvalue weighted by Crippen LogP contribution is 2.44. The molecule has 3 unspecified atom stereocenters. The van der Waals surface area contributed by atoms with E-state index < -0.39 is 0 Å². The molecule has 4 nitrogen and oxygen atoms in total. The lowest BCUT2D eigenvalue weighted by atomic mass is 9.88. The van der Waals surface area contributed by atoms with E-state index in [-0.39, 0.29) is 0 Å². The Hall–Kier alpha value is -1.20. The zero-order valence-corrected chi connectivity index (χ0v) is 13.4. The molecule has 2 aromatic heterocycles. The number of thiophene rings is 1. The normalized spacial score (nSPS) is 27.6. The van der Waals surface area contributed by atoms with Gasteiger partial charge in [-0.1, -0.05) is 6.92 Å². The predicted molar refractivity (Wildman–Crippen MR) is 86.2 cm³/mol. The second-order valence-electron chi connectivity index (χ2n) is 6.15. The summed E-state index contributed by atoms with van der Waals surface area (Å²) in [5.74, 6) is 2.37. The summed E-state index contributed by atoms with van der Waals surface area (Å²) in [5.41, 5.74) is 0. The third kappa shape index (κ3) is 2.32. The molecule has 4 heterocycles. The highest BCUT2D eigenvalue weighted by atomic mass is 32.1. The van der Waals surface area contributed by atoms with Crippen molar-refractivity contribution in [2.24, 2.45) is 0 Å². The summed E-state index contributed by atoms with van der Waals surface area (Å²) in [6.45, 7) is 5.26. The number of nitrogens with one attached hydrogen (secondary N) is 1. The second kappa shape index (κ2) is 5.21. The standard InChI is InChI=1S/C16H21N3OS/c1-3-6-17-14-12-7-9(2)21-16(12)19-15(18-14)11-8-10-4-5-13(11)20-10/h7,10-11,13H,3-6,8H2,1-2H3,(H,17,18,19). The Bertz CT molecular complexity index is 669. The number of nitrogens with zero attached hydrogens (tertiary/aromatic N) is 2. The van der Waals surface area contributed by atoms with Gasteiger partial charge in [0.2, 0.25) is 0 Å². The minimum absolute atomic E-state index is 0.340. The Morgan fingerprint density at radius 2 is 2.29 bits per heavy atom. The van der Waals surface area contributed by atoms with E-state index in [1.54, 1.807) is 11.3 Å². The number of aryl methyl sites for hydroxylation is 1. The van der Waals surface area contributed by atoms with Crippen molar-refractivity contribution in [1.29, 1.82) is 0 Å². The van der Waals surface area contributed by atoms with Crippen LogP contribution in [-0.4, -0.2) is 28.7 Å². The minimum atomic E-state index is 0.340. The van der Waals surface area contributed by atoms with Gasteiger partial charge in [0.1, 0.15) is 16.5 Å². The smallest absolute Gasteiger partial charge is 0.138 e. The molecule has 0 aromatic carbocycles. The highest BCUT2D eigenvalue weighted by Gasteiger charge is 2.43. The lowest BCUT2D eigenvalue weighted by Gasteiger charge is -2.18. The number of fused-ring (bicyclic) bond motifs is 3. The SMILES string of the molecule is CCCNc1nc(C2CC3CCC2O3)nc2sc(C)cc12. The van der Waals surface area contributed by atoms with E-state index in [0.717, 1.165) is 42.3 Å². The molecule has 2 saturated heterocycles. The summed E-state index contributed by atoms with van der Waals surface area (Å²) in [7, 11) is 0. The third-order valence-corrected chi connectivity index (χ3v) is 5.46. The first-order valence-corrected chi connectivity index (χ1v) is 8.73. The van der Waals surface area contributed by atoms with Gasteiger partial charge in [0.25, 0.3) is 0 Å². The van der Waals surface area contributed by atoms with Gasteiger partial charge < -0.3 is 10.1 Å². The molecule has 1 N–H and O–H groups in total. The maximum atomic E-state index is 5.98. The molecule has 21 heavy (non-hydrogen) atoms. The zero-order chi connectivity index (χ0) is 14.4. The fourth-order valence-corrected chi connectivity index (χ4v) is 4.40. The molecular weight excluding hydrogens is 282 g/mol. The second-order valence-corrected chi connectivity index (χ2v) is 7.38. The van der Waals surface area contributed by atoms with E-state index in [1.807, 2.05) is 0 Å². The summed E-state index contributed by atoms with van der Waals surface area (Å²) in [4.78, 5) is 12.1. The minimum Gasteiger partial charge on any atom is -0.374 e. The summed E-state index contributed by atoms with van der Waals surface area (Å²) < 4.78 is 5.98. The van der Waals surface area contributed by atoms with Crippen molar-refractivity contribution in [3.8, 4) is 0 Å². The van der Waals surface area contributed by atoms with Crippen LogP contribution >= 0.6 is 11.3 Å². The van der Waals surface area contributed by atoms with Crippen LogP contribution in [0.2, 0.25) is 0 Å². The van der Waals surface area contributed by atoms with E-state index >= 15 is 0 Å². The first-order chi connectivity index (χ1) is 10.2. The van der Waals surface area contributed by atoms with Gasteiger partial charge in [0.15, 0.2) is 0 Å². The molecule has 0 spiro atoms. The van der Waals surface area contributed by atoms with Crippen molar-refractivity contribution >= 4 is 27.4 Å². The van der Waals surface area contributed by atoms with Crippen LogP contribution in [0.3, 0.4) is 0 Å². The van der Waals surface area contributed by atoms with Gasteiger partial charge in [0.05, 0.1) is 17.6 Å². The van der Waals surface area contributed by atoms with Gasteiger partial charge in [-0.2, -0.15) is 0 Å². The molecule has 2 fully saturated rings. The molecule has 0 amide bonds. The highest BCUT2D eigenvalue weighted by molar-refractivity contribution is 7.18. The van der Waals surface area contributed by atoms with E-state index in [9.17, 15) is 0 Å². The van der Waals surface area contributed by atoms with E-state index in [4.69, 9.17) is 14.7 Å². The Kier molecular flexibility index (Phi) is 3.34. The molecular formula is C16H21N3OS. The van der Waals surface area contributed by atoms with Gasteiger partial charge in [-0.05, 0) is 38.7 Å². The topological polar surface area (TPSA) is 47.0 Å². The maximum Gasteiger partial charge on any atom is 0.138 e. The molecule has 0 saturated carbocycles. The van der Waals surface area contributed by atoms with Crippen LogP contribution < -0.4 is 5.32 Å². The number of hydrogen-bond acceptors (Lipinski definition) is 5. The fraction of sp³-hybridized carbons (Fsp3) is 0.625. The molecule has 5 heteroatoms. The summed E-state index contributed by atoms with van der Waals surface area (Å²) >= 11 is 1.76. The van der Waals surface area contributed by atoms with Crippen LogP contribution in [0.4, 0.5) is 5.82 Å². The van der Waals surface area contributed by atoms with Gasteiger partial charge in [-0.3, -0.25) is 0 Å². The summed E-state index contributed by atoms with van der Waals surface area (Å²) in [5, 5.41) is 4.64. The van der Waals surface area contributed by atoms with Crippen molar-refractivity contribution in [2.75, 3.05) is 11.9 Å². The van der Waals surface area contributed by atoms with Gasteiger partial charge in [-0.15, -0.1) is 11.3 Å². The first kappa shape index (κ1) is 13.5. The van der Waals surface area contributed by atoms with Crippen LogP contribution in [0.15, 0.2) is 6.07 Å². The van der Waals surface area contributed by atoms with Crippen LogP contribution in [0.5, 0.6) is 0 Å². The first-order valence-electron chi connectivity index (χ1n) is 7.92. The third-order valence-electron chi connectivity index (χ3n) is 4.51. The number of hydrogen-bond donors (Lipinski definition) is 1. The molecule has 4 rings (SSSR count). The quantitative estimate of drug-likeness (QED) is 0.932. The molecule has 3 atom stereocenters. The van der Waals surface area contributed by atoms with Gasteiger partial charge in [-0.25, -0.2) is 9.97 Å². The largest absolute Gasteiger partial charge is 0.374 e. The van der Waals surface area contributed by atoms with Crippen LogP contribution in [0, 0.1) is 6.92 Å². The number of aromatic nitrogens is 2. The molecule has 2 aromatic rings. The summed E-state index contributed by atoms with van der Waals surface area (Å²) in [6, 6.07) is 2.19. The van der Waals surface area contributed by atoms with Crippen molar-refractivity contribution in [1.82, 2.24) is 9.97 Å². The van der Waals surface area contributed by atoms with Crippen molar-refractivity contribution in [3.05, 3.63) is 16.8 Å². The number of rotatable bonds is 4. The molecule has 0 radical (unpaired) electrons. The maximum absolute atomic E-state index is 5.98. The van der Waals surface area contributed by atoms with E-state index in [1.165, 1.54) is 16.7 Å². The average molecular weight is 303 g/mol. The average Bonchev–Trinajstić information content (AvgIpc) is 3.17. The number of ether oxygens (including phenoxy) is 1. The van der Waals surface area contributed by atoms with Crippen LogP contribution in [0.25, 0.3) is 10.2 Å². The lowest BCUT2D eigenvalue weighted by Crippen LogP contribution is -2.18. The van der Waals surface area contributed by atoms with Gasteiger partial charge in [0, 0.05) is 17.3 Å². The monoisotopic (exact) mass is 303 g/mol. The Balaban J connectivity index is 1.75. The van der Waals surface area contributed by atoms with Gasteiger partial charge >= 0.3 is 0 Å². The predicted octanol–water partition coefficient (Wildman–Crippen LogP) is 3.86. The van der Waals surface area contributed by atoms with E-state index in [0.29, 0.717) is 18.1 Å².